The van der Waals surface area contributed by atoms with Gasteiger partial charge in [0.15, 0.2) is 0 Å². The highest BCUT2D eigenvalue weighted by atomic mass is 16.3. The summed E-state index contributed by atoms with van der Waals surface area (Å²) in [5.74, 6) is 0.794. The smallest absolute Gasteiger partial charge is 0.115 e. The zero-order valence-corrected chi connectivity index (χ0v) is 11.2. The Bertz CT molecular complexity index is 499. The first-order chi connectivity index (χ1) is 8.55. The summed E-state index contributed by atoms with van der Waals surface area (Å²) in [6.07, 6.45) is 0. The summed E-state index contributed by atoms with van der Waals surface area (Å²) in [5.41, 5.74) is 2.52. The summed E-state index contributed by atoms with van der Waals surface area (Å²) in [6.45, 7) is 6.74. The first-order valence-electron chi connectivity index (χ1n) is 6.40. The van der Waals surface area contributed by atoms with E-state index in [4.69, 9.17) is 0 Å². The van der Waals surface area contributed by atoms with E-state index in [1.165, 1.54) is 11.1 Å². The molecule has 0 spiro atoms. The number of hydrogen-bond donors (Lipinski definition) is 1. The molecule has 0 aliphatic heterocycles. The van der Waals surface area contributed by atoms with E-state index in [1.54, 1.807) is 12.1 Å². The highest BCUT2D eigenvalue weighted by molar-refractivity contribution is 5.41. The zero-order chi connectivity index (χ0) is 13.2. The summed E-state index contributed by atoms with van der Waals surface area (Å²) in [5, 5.41) is 9.43. The van der Waals surface area contributed by atoms with Crippen LogP contribution in [-0.4, -0.2) is 5.11 Å². The Hall–Kier alpha value is -1.76. The molecule has 1 heteroatoms. The van der Waals surface area contributed by atoms with Crippen molar-refractivity contribution in [1.82, 2.24) is 0 Å². The molecule has 2 aromatic rings. The molecule has 0 aliphatic rings. The summed E-state index contributed by atoms with van der Waals surface area (Å²) in [4.78, 5) is 0. The second kappa shape index (κ2) is 4.85. The maximum absolute atomic E-state index is 9.43. The minimum Gasteiger partial charge on any atom is -0.508 e. The van der Waals surface area contributed by atoms with Crippen LogP contribution >= 0.6 is 0 Å². The van der Waals surface area contributed by atoms with Crippen LogP contribution in [0.4, 0.5) is 0 Å². The molecule has 1 nitrogen and oxygen atoms in total. The number of hydrogen-bond acceptors (Lipinski definition) is 1. The van der Waals surface area contributed by atoms with Crippen LogP contribution in [0.1, 0.15) is 31.9 Å². The second-order valence-electron chi connectivity index (χ2n) is 5.27. The summed E-state index contributed by atoms with van der Waals surface area (Å²) >= 11 is 0. The molecule has 0 radical (unpaired) electrons. The molecule has 0 bridgehead atoms. The SMILES string of the molecule is CC(C)C(C)(c1ccccc1)c1ccc(O)cc1. The molecule has 0 amide bonds. The van der Waals surface area contributed by atoms with Crippen molar-refractivity contribution in [2.45, 2.75) is 26.2 Å². The quantitative estimate of drug-likeness (QED) is 0.845. The first-order valence-corrected chi connectivity index (χ1v) is 6.40. The average Bonchev–Trinajstić information content (AvgIpc) is 2.39. The van der Waals surface area contributed by atoms with E-state index in [9.17, 15) is 5.11 Å². The largest absolute Gasteiger partial charge is 0.508 e. The Morgan fingerprint density at radius 3 is 1.83 bits per heavy atom. The van der Waals surface area contributed by atoms with Gasteiger partial charge in [-0.3, -0.25) is 0 Å². The van der Waals surface area contributed by atoms with Gasteiger partial charge in [-0.2, -0.15) is 0 Å². The standard InChI is InChI=1S/C17H20O/c1-13(2)17(3,14-7-5-4-6-8-14)15-9-11-16(18)12-10-15/h4-13,18H,1-3H3. The fourth-order valence-electron chi connectivity index (χ4n) is 2.43. The van der Waals surface area contributed by atoms with Gasteiger partial charge in [-0.25, -0.2) is 0 Å². The van der Waals surface area contributed by atoms with Crippen molar-refractivity contribution in [3.8, 4) is 5.75 Å². The van der Waals surface area contributed by atoms with Gasteiger partial charge in [0.1, 0.15) is 5.75 Å². The summed E-state index contributed by atoms with van der Waals surface area (Å²) in [7, 11) is 0. The van der Waals surface area contributed by atoms with E-state index >= 15 is 0 Å². The van der Waals surface area contributed by atoms with Gasteiger partial charge in [-0.05, 0) is 29.2 Å². The fourth-order valence-corrected chi connectivity index (χ4v) is 2.43. The Labute approximate surface area is 109 Å². The molecule has 94 valence electrons. The molecule has 0 saturated carbocycles. The highest BCUT2D eigenvalue weighted by Gasteiger charge is 2.32. The summed E-state index contributed by atoms with van der Waals surface area (Å²) in [6, 6.07) is 18.1. The Balaban J connectivity index is 2.54. The Morgan fingerprint density at radius 2 is 1.33 bits per heavy atom. The Morgan fingerprint density at radius 1 is 0.833 bits per heavy atom. The van der Waals surface area contributed by atoms with Crippen LogP contribution in [0.15, 0.2) is 54.6 Å². The van der Waals surface area contributed by atoms with Crippen LogP contribution in [0.2, 0.25) is 0 Å². The lowest BCUT2D eigenvalue weighted by Crippen LogP contribution is -2.29. The van der Waals surface area contributed by atoms with E-state index in [0.29, 0.717) is 11.7 Å². The van der Waals surface area contributed by atoms with Crippen LogP contribution in [0.3, 0.4) is 0 Å². The molecule has 0 heterocycles. The minimum atomic E-state index is -0.0328. The van der Waals surface area contributed by atoms with Gasteiger partial charge in [-0.15, -0.1) is 0 Å². The van der Waals surface area contributed by atoms with Crippen LogP contribution < -0.4 is 0 Å². The van der Waals surface area contributed by atoms with E-state index in [2.05, 4.69) is 45.0 Å². The molecule has 0 aromatic heterocycles. The van der Waals surface area contributed by atoms with Gasteiger partial charge in [0, 0.05) is 5.41 Å². The number of rotatable bonds is 3. The van der Waals surface area contributed by atoms with Crippen molar-refractivity contribution < 1.29 is 5.11 Å². The molecule has 1 atom stereocenters. The van der Waals surface area contributed by atoms with Gasteiger partial charge in [0.05, 0.1) is 0 Å². The third-order valence-electron chi connectivity index (χ3n) is 4.00. The molecule has 2 aromatic carbocycles. The van der Waals surface area contributed by atoms with E-state index in [1.807, 2.05) is 18.2 Å². The molecule has 0 saturated heterocycles. The minimum absolute atomic E-state index is 0.0328. The molecule has 1 N–H and O–H groups in total. The Kier molecular flexibility index (Phi) is 3.42. The lowest BCUT2D eigenvalue weighted by molar-refractivity contribution is 0.404. The van der Waals surface area contributed by atoms with Crippen LogP contribution in [0.25, 0.3) is 0 Å². The van der Waals surface area contributed by atoms with Crippen molar-refractivity contribution >= 4 is 0 Å². The van der Waals surface area contributed by atoms with Crippen molar-refractivity contribution in [2.75, 3.05) is 0 Å². The van der Waals surface area contributed by atoms with Crippen LogP contribution in [-0.2, 0) is 5.41 Å². The van der Waals surface area contributed by atoms with Crippen molar-refractivity contribution in [2.24, 2.45) is 5.92 Å². The van der Waals surface area contributed by atoms with E-state index < -0.39 is 0 Å². The van der Waals surface area contributed by atoms with Crippen LogP contribution in [0.5, 0.6) is 5.75 Å². The molecule has 0 fully saturated rings. The van der Waals surface area contributed by atoms with Gasteiger partial charge < -0.3 is 5.11 Å². The predicted octanol–water partition coefficient (Wildman–Crippen LogP) is 4.35. The normalized spacial score (nSPS) is 14.4. The van der Waals surface area contributed by atoms with Gasteiger partial charge >= 0.3 is 0 Å². The summed E-state index contributed by atoms with van der Waals surface area (Å²) < 4.78 is 0. The van der Waals surface area contributed by atoms with E-state index in [0.717, 1.165) is 0 Å². The average molecular weight is 240 g/mol. The predicted molar refractivity (Wildman–Crippen MR) is 75.8 cm³/mol. The number of phenolic OH excluding ortho intramolecular Hbond substituents is 1. The fraction of sp³-hybridized carbons (Fsp3) is 0.294. The van der Waals surface area contributed by atoms with Gasteiger partial charge in [-0.1, -0.05) is 63.2 Å². The molecule has 0 aliphatic carbocycles. The maximum Gasteiger partial charge on any atom is 0.115 e. The van der Waals surface area contributed by atoms with Gasteiger partial charge in [0.25, 0.3) is 0 Å². The molecular weight excluding hydrogens is 220 g/mol. The zero-order valence-electron chi connectivity index (χ0n) is 11.2. The maximum atomic E-state index is 9.43. The molecule has 2 rings (SSSR count). The van der Waals surface area contributed by atoms with Crippen molar-refractivity contribution in [1.29, 1.82) is 0 Å². The third-order valence-corrected chi connectivity index (χ3v) is 4.00. The number of benzene rings is 2. The monoisotopic (exact) mass is 240 g/mol. The first kappa shape index (κ1) is 12.7. The molecule has 1 unspecified atom stereocenters. The molecular formula is C17H20O. The second-order valence-corrected chi connectivity index (χ2v) is 5.27. The third kappa shape index (κ3) is 2.13. The van der Waals surface area contributed by atoms with E-state index in [-0.39, 0.29) is 5.41 Å². The highest BCUT2D eigenvalue weighted by Crippen LogP contribution is 2.39. The lowest BCUT2D eigenvalue weighted by Gasteiger charge is -2.35. The van der Waals surface area contributed by atoms with Crippen molar-refractivity contribution in [3.05, 3.63) is 65.7 Å². The number of aromatic hydroxyl groups is 1. The van der Waals surface area contributed by atoms with Gasteiger partial charge in [0.2, 0.25) is 0 Å². The number of phenols is 1. The molecule has 18 heavy (non-hydrogen) atoms. The van der Waals surface area contributed by atoms with Crippen molar-refractivity contribution in [3.63, 3.8) is 0 Å². The van der Waals surface area contributed by atoms with Crippen LogP contribution in [0, 0.1) is 5.92 Å². The topological polar surface area (TPSA) is 20.2 Å². The lowest BCUT2D eigenvalue weighted by atomic mass is 9.68.